The summed E-state index contributed by atoms with van der Waals surface area (Å²) in [6.45, 7) is 0. The van der Waals surface area contributed by atoms with Crippen molar-refractivity contribution in [2.75, 3.05) is 17.3 Å². The zero-order valence-electron chi connectivity index (χ0n) is 19.7. The largest absolute Gasteiger partial charge is 0.362 e. The van der Waals surface area contributed by atoms with Gasteiger partial charge in [0.25, 0.3) is 5.91 Å². The summed E-state index contributed by atoms with van der Waals surface area (Å²) in [6, 6.07) is 22.4. The second kappa shape index (κ2) is 10.2. The highest BCUT2D eigenvalue weighted by molar-refractivity contribution is 6.70. The van der Waals surface area contributed by atoms with E-state index in [-0.39, 0.29) is 11.5 Å². The second-order valence-corrected chi connectivity index (χ2v) is 11.5. The first-order valence-electron chi connectivity index (χ1n) is 11.4. The number of nitrogens with zero attached hydrogens (tertiary/aromatic N) is 3. The molecule has 0 aliphatic carbocycles. The Morgan fingerprint density at radius 2 is 1.55 bits per heavy atom. The first-order valence-corrected chi connectivity index (χ1v) is 13.0. The molecule has 1 N–H and O–H groups in total. The molecule has 194 valence electrons. The zero-order chi connectivity index (χ0) is 27.2. The van der Waals surface area contributed by atoms with Crippen LogP contribution in [0.1, 0.15) is 0 Å². The first kappa shape index (κ1) is 26.5. The van der Waals surface area contributed by atoms with Crippen molar-refractivity contribution in [2.24, 2.45) is 4.99 Å². The topological polar surface area (TPSA) is 65.0 Å². The van der Waals surface area contributed by atoms with Gasteiger partial charge in [-0.3, -0.25) is 9.69 Å². The Hall–Kier alpha value is -3.10. The van der Waals surface area contributed by atoms with Gasteiger partial charge in [-0.1, -0.05) is 89.4 Å². The lowest BCUT2D eigenvalue weighted by atomic mass is 10.0. The number of imide groups is 1. The molecule has 1 aliphatic rings. The second-order valence-electron chi connectivity index (χ2n) is 8.64. The Balaban J connectivity index is 1.58. The van der Waals surface area contributed by atoms with E-state index in [1.165, 1.54) is 31.3 Å². The van der Waals surface area contributed by atoms with E-state index in [1.807, 2.05) is 54.6 Å². The number of amidine groups is 1. The Labute approximate surface area is 237 Å². The highest BCUT2D eigenvalue weighted by atomic mass is 35.6. The molecular weight excluding hydrogens is 573 g/mol. The highest BCUT2D eigenvalue weighted by Gasteiger charge is 2.45. The lowest BCUT2D eigenvalue weighted by molar-refractivity contribution is -0.119. The molecule has 38 heavy (non-hydrogen) atoms. The van der Waals surface area contributed by atoms with Crippen molar-refractivity contribution >= 4 is 97.1 Å². The number of aliphatic imine (C=N–C) groups is 1. The number of carbonyl (C=O) groups excluding carboxylic acids is 2. The molecule has 0 radical (unpaired) electrons. The number of hydrogen-bond acceptors (Lipinski definition) is 4. The molecule has 0 saturated carbocycles. The number of fused-ring (bicyclic) bond motifs is 3. The van der Waals surface area contributed by atoms with Gasteiger partial charge in [-0.2, -0.15) is 0 Å². The van der Waals surface area contributed by atoms with Gasteiger partial charge in [0, 0.05) is 12.7 Å². The van der Waals surface area contributed by atoms with Crippen LogP contribution in [0.5, 0.6) is 0 Å². The summed E-state index contributed by atoms with van der Waals surface area (Å²) in [5, 5.41) is 5.98. The van der Waals surface area contributed by atoms with Gasteiger partial charge in [0.15, 0.2) is 0 Å². The lowest BCUT2D eigenvalue weighted by Gasteiger charge is -2.27. The quantitative estimate of drug-likeness (QED) is 0.150. The summed E-state index contributed by atoms with van der Waals surface area (Å²) in [7, 11) is 1.27. The van der Waals surface area contributed by atoms with Crippen LogP contribution in [0, 0.1) is 5.82 Å². The predicted molar refractivity (Wildman–Crippen MR) is 153 cm³/mol. The molecule has 4 aromatic carbocycles. The number of likely N-dealkylation sites (N-methyl/N-ethyl adjacent to an activating group) is 1. The number of para-hydroxylation sites is 1. The summed E-state index contributed by atoms with van der Waals surface area (Å²) in [6.07, 6.45) is -1.20. The van der Waals surface area contributed by atoms with Crippen molar-refractivity contribution in [3.63, 3.8) is 0 Å². The van der Waals surface area contributed by atoms with Crippen LogP contribution < -0.4 is 10.2 Å². The van der Waals surface area contributed by atoms with Gasteiger partial charge in [-0.05, 0) is 45.8 Å². The maximum Gasteiger partial charge on any atom is 0.337 e. The van der Waals surface area contributed by atoms with Crippen LogP contribution in [0.2, 0.25) is 0 Å². The third-order valence-electron chi connectivity index (χ3n) is 6.19. The number of anilines is 2. The Morgan fingerprint density at radius 3 is 2.29 bits per heavy atom. The van der Waals surface area contributed by atoms with Gasteiger partial charge >= 0.3 is 6.03 Å². The van der Waals surface area contributed by atoms with Crippen LogP contribution in [0.4, 0.5) is 20.6 Å². The van der Waals surface area contributed by atoms with E-state index in [4.69, 9.17) is 46.4 Å². The molecule has 3 amide bonds. The molecule has 1 saturated heterocycles. The van der Waals surface area contributed by atoms with E-state index in [0.717, 1.165) is 31.3 Å². The van der Waals surface area contributed by atoms with Crippen molar-refractivity contribution in [1.29, 1.82) is 0 Å². The number of carbonyl (C=O) groups is 2. The van der Waals surface area contributed by atoms with Crippen LogP contribution in [-0.4, -0.2) is 45.1 Å². The molecule has 2 atom stereocenters. The Bertz CT molecular complexity index is 1610. The summed E-state index contributed by atoms with van der Waals surface area (Å²) < 4.78 is 12.6. The van der Waals surface area contributed by atoms with Crippen LogP contribution in [-0.2, 0) is 4.79 Å². The van der Waals surface area contributed by atoms with Crippen LogP contribution in [0.15, 0.2) is 83.9 Å². The van der Waals surface area contributed by atoms with Crippen LogP contribution in [0.25, 0.3) is 21.5 Å². The van der Waals surface area contributed by atoms with E-state index in [0.29, 0.717) is 5.69 Å². The molecule has 4 aromatic rings. The maximum absolute atomic E-state index is 14.7. The SMILES string of the molecule is CN1C(=O)C(=NC(Nc2ccc3c(ccc4ccccc43)c2)C(Cl)C(Cl)(Cl)Cl)N(c2ccccc2F)C1=O. The molecule has 1 fully saturated rings. The summed E-state index contributed by atoms with van der Waals surface area (Å²) in [5.74, 6) is -1.85. The number of hydrogen-bond donors (Lipinski definition) is 1. The molecule has 1 heterocycles. The predicted octanol–water partition coefficient (Wildman–Crippen LogP) is 7.34. The molecule has 1 aliphatic heterocycles. The standard InChI is InChI=1S/C27H19Cl4FN4O2/c1-35-25(37)24(36(26(35)38)21-9-5-4-8-20(21)32)34-23(22(28)27(29,30)31)33-17-12-13-19-16(14-17)11-10-15-6-2-3-7-18(15)19/h2-14,22-23,33H,1H3. The average molecular weight is 592 g/mol. The van der Waals surface area contributed by atoms with E-state index in [1.54, 1.807) is 0 Å². The van der Waals surface area contributed by atoms with Gasteiger partial charge < -0.3 is 5.32 Å². The zero-order valence-corrected chi connectivity index (χ0v) is 22.7. The number of nitrogens with one attached hydrogen (secondary N) is 1. The van der Waals surface area contributed by atoms with Crippen molar-refractivity contribution in [1.82, 2.24) is 4.90 Å². The molecule has 11 heteroatoms. The minimum Gasteiger partial charge on any atom is -0.362 e. The van der Waals surface area contributed by atoms with Gasteiger partial charge in [-0.25, -0.2) is 19.1 Å². The van der Waals surface area contributed by atoms with Crippen molar-refractivity contribution < 1.29 is 14.0 Å². The molecule has 0 spiro atoms. The van der Waals surface area contributed by atoms with Crippen LogP contribution >= 0.6 is 46.4 Å². The molecule has 2 unspecified atom stereocenters. The normalized spacial score (nSPS) is 17.1. The minimum atomic E-state index is -2.00. The van der Waals surface area contributed by atoms with Gasteiger partial charge in [0.2, 0.25) is 9.63 Å². The van der Waals surface area contributed by atoms with E-state index in [9.17, 15) is 14.0 Å². The van der Waals surface area contributed by atoms with E-state index >= 15 is 0 Å². The fourth-order valence-electron chi connectivity index (χ4n) is 4.29. The van der Waals surface area contributed by atoms with Crippen molar-refractivity contribution in [2.45, 2.75) is 15.3 Å². The smallest absolute Gasteiger partial charge is 0.337 e. The summed E-state index contributed by atoms with van der Waals surface area (Å²) in [5.41, 5.74) is 0.426. The molecular formula is C27H19Cl4FN4O2. The van der Waals surface area contributed by atoms with Gasteiger partial charge in [0.05, 0.1) is 5.69 Å². The number of amides is 3. The molecule has 0 aromatic heterocycles. The number of alkyl halides is 4. The first-order chi connectivity index (χ1) is 18.1. The van der Waals surface area contributed by atoms with Crippen LogP contribution in [0.3, 0.4) is 0 Å². The van der Waals surface area contributed by atoms with E-state index < -0.39 is 33.1 Å². The Kier molecular flexibility index (Phi) is 7.13. The minimum absolute atomic E-state index is 0.148. The molecule has 0 bridgehead atoms. The fourth-order valence-corrected chi connectivity index (χ4v) is 4.77. The average Bonchev–Trinajstić information content (AvgIpc) is 3.10. The molecule has 6 nitrogen and oxygen atoms in total. The van der Waals surface area contributed by atoms with E-state index in [2.05, 4.69) is 10.3 Å². The monoisotopic (exact) mass is 590 g/mol. The summed E-state index contributed by atoms with van der Waals surface area (Å²) in [4.78, 5) is 32.0. The lowest BCUT2D eigenvalue weighted by Crippen LogP contribution is -2.40. The summed E-state index contributed by atoms with van der Waals surface area (Å²) >= 11 is 24.9. The number of urea groups is 1. The van der Waals surface area contributed by atoms with Gasteiger partial charge in [-0.15, -0.1) is 11.6 Å². The van der Waals surface area contributed by atoms with Crippen molar-refractivity contribution in [3.05, 3.63) is 84.7 Å². The number of rotatable bonds is 5. The maximum atomic E-state index is 14.7. The number of halogens is 5. The third kappa shape index (κ3) is 4.87. The van der Waals surface area contributed by atoms with Gasteiger partial charge in [0.1, 0.15) is 17.4 Å². The highest BCUT2D eigenvalue weighted by Crippen LogP contribution is 2.38. The fraction of sp³-hybridized carbons (Fsp3) is 0.148. The molecule has 5 rings (SSSR count). The Morgan fingerprint density at radius 1 is 0.895 bits per heavy atom. The number of benzene rings is 4. The van der Waals surface area contributed by atoms with Crippen molar-refractivity contribution in [3.8, 4) is 0 Å². The third-order valence-corrected chi connectivity index (χ3v) is 7.80.